The lowest BCUT2D eigenvalue weighted by Crippen LogP contribution is -2.03. The Kier molecular flexibility index (Phi) is 5.03. The third-order valence-corrected chi connectivity index (χ3v) is 3.53. The van der Waals surface area contributed by atoms with Crippen LogP contribution in [0.2, 0.25) is 0 Å². The molecule has 3 rings (SSSR count). The van der Waals surface area contributed by atoms with Gasteiger partial charge in [0.2, 0.25) is 0 Å². The van der Waals surface area contributed by atoms with Gasteiger partial charge in [0.05, 0.1) is 11.9 Å². The third-order valence-electron chi connectivity index (χ3n) is 3.53. The molecule has 0 unspecified atom stereocenters. The van der Waals surface area contributed by atoms with Crippen molar-refractivity contribution in [2.24, 2.45) is 0 Å². The second-order valence-corrected chi connectivity index (χ2v) is 5.35. The van der Waals surface area contributed by atoms with E-state index in [1.54, 1.807) is 30.5 Å². The van der Waals surface area contributed by atoms with Crippen LogP contribution in [-0.4, -0.2) is 14.8 Å². The van der Waals surface area contributed by atoms with Gasteiger partial charge >= 0.3 is 0 Å². The molecule has 0 saturated carbocycles. The maximum atomic E-state index is 13.8. The molecule has 2 aromatic carbocycles. The van der Waals surface area contributed by atoms with E-state index in [9.17, 15) is 8.78 Å². The molecule has 0 fully saturated rings. The van der Waals surface area contributed by atoms with Crippen molar-refractivity contribution in [3.8, 4) is 5.75 Å². The largest absolute Gasteiger partial charge is 0.458 e. The van der Waals surface area contributed by atoms with Crippen LogP contribution >= 0.6 is 0 Å². The molecule has 5 nitrogen and oxygen atoms in total. The highest BCUT2D eigenvalue weighted by molar-refractivity contribution is 5.53. The van der Waals surface area contributed by atoms with Gasteiger partial charge in [-0.05, 0) is 30.2 Å². The molecule has 0 aliphatic carbocycles. The number of nitrogens with zero attached hydrogens (tertiary/aromatic N) is 3. The number of anilines is 1. The summed E-state index contributed by atoms with van der Waals surface area (Å²) in [6, 6.07) is 10.6. The van der Waals surface area contributed by atoms with Gasteiger partial charge in [-0.3, -0.25) is 0 Å². The van der Waals surface area contributed by atoms with Gasteiger partial charge in [0.15, 0.2) is 0 Å². The molecule has 0 saturated heterocycles. The smallest absolute Gasteiger partial charge is 0.149 e. The Morgan fingerprint density at radius 3 is 2.76 bits per heavy atom. The number of allylic oxidation sites excluding steroid dienone is 1. The van der Waals surface area contributed by atoms with Gasteiger partial charge in [0.25, 0.3) is 0 Å². The first-order chi connectivity index (χ1) is 12.1. The van der Waals surface area contributed by atoms with Crippen LogP contribution in [0.15, 0.2) is 60.9 Å². The van der Waals surface area contributed by atoms with E-state index in [1.807, 2.05) is 0 Å². The minimum atomic E-state index is -0.604. The van der Waals surface area contributed by atoms with Crippen LogP contribution in [0.4, 0.5) is 14.5 Å². The van der Waals surface area contributed by atoms with Crippen molar-refractivity contribution < 1.29 is 13.5 Å². The lowest BCUT2D eigenvalue weighted by atomic mass is 10.1. The van der Waals surface area contributed by atoms with Crippen molar-refractivity contribution in [1.82, 2.24) is 14.8 Å². The molecule has 0 aliphatic rings. The molecular weight excluding hydrogens is 326 g/mol. The van der Waals surface area contributed by atoms with E-state index in [0.717, 1.165) is 6.07 Å². The molecule has 3 aromatic rings. The van der Waals surface area contributed by atoms with E-state index >= 15 is 0 Å². The minimum absolute atomic E-state index is 0.333. The normalized spacial score (nSPS) is 11.5. The summed E-state index contributed by atoms with van der Waals surface area (Å²) in [5.41, 5.74) is 6.79. The lowest BCUT2D eigenvalue weighted by molar-refractivity contribution is 0.406. The van der Waals surface area contributed by atoms with E-state index in [1.165, 1.54) is 29.5 Å². The minimum Gasteiger partial charge on any atom is -0.458 e. The van der Waals surface area contributed by atoms with E-state index < -0.39 is 11.6 Å². The number of aromatic nitrogens is 3. The topological polar surface area (TPSA) is 66.0 Å². The molecular formula is C18H16F2N4O. The molecule has 0 spiro atoms. The lowest BCUT2D eigenvalue weighted by Gasteiger charge is -2.12. The number of para-hydroxylation sites is 2. The molecule has 1 aromatic heterocycles. The van der Waals surface area contributed by atoms with Gasteiger partial charge in [-0.2, -0.15) is 5.10 Å². The van der Waals surface area contributed by atoms with E-state index in [2.05, 4.69) is 10.1 Å². The number of rotatable bonds is 6. The van der Waals surface area contributed by atoms with Crippen molar-refractivity contribution in [2.75, 3.05) is 5.73 Å². The molecule has 1 heterocycles. The Hall–Kier alpha value is -3.22. The SMILES string of the molecule is Nc1ccccc1OC(=Cn1cncn1)CCc1ccc(F)cc1F. The van der Waals surface area contributed by atoms with Crippen LogP contribution in [0.5, 0.6) is 5.75 Å². The molecule has 128 valence electrons. The van der Waals surface area contributed by atoms with E-state index in [-0.39, 0.29) is 0 Å². The number of nitrogen functional groups attached to an aromatic ring is 1. The van der Waals surface area contributed by atoms with Crippen LogP contribution in [-0.2, 0) is 6.42 Å². The molecule has 25 heavy (non-hydrogen) atoms. The van der Waals surface area contributed by atoms with Crippen molar-refractivity contribution in [2.45, 2.75) is 12.8 Å². The fourth-order valence-corrected chi connectivity index (χ4v) is 2.27. The molecule has 2 N–H and O–H groups in total. The van der Waals surface area contributed by atoms with Gasteiger partial charge < -0.3 is 10.5 Å². The average Bonchev–Trinajstić information content (AvgIpc) is 3.09. The second kappa shape index (κ2) is 7.57. The van der Waals surface area contributed by atoms with Crippen LogP contribution < -0.4 is 10.5 Å². The maximum Gasteiger partial charge on any atom is 0.149 e. The number of hydrogen-bond donors (Lipinski definition) is 1. The third kappa shape index (κ3) is 4.41. The summed E-state index contributed by atoms with van der Waals surface area (Å²) < 4.78 is 34.2. The number of aryl methyl sites for hydroxylation is 1. The van der Waals surface area contributed by atoms with Crippen LogP contribution in [0.3, 0.4) is 0 Å². The monoisotopic (exact) mass is 342 g/mol. The van der Waals surface area contributed by atoms with E-state index in [4.69, 9.17) is 10.5 Å². The highest BCUT2D eigenvalue weighted by Crippen LogP contribution is 2.24. The van der Waals surface area contributed by atoms with Crippen molar-refractivity contribution in [1.29, 1.82) is 0 Å². The number of ether oxygens (including phenoxy) is 1. The number of halogens is 2. The first-order valence-corrected chi connectivity index (χ1v) is 7.63. The maximum absolute atomic E-state index is 13.8. The zero-order valence-electron chi connectivity index (χ0n) is 13.3. The van der Waals surface area contributed by atoms with E-state index in [0.29, 0.717) is 35.6 Å². The van der Waals surface area contributed by atoms with Crippen LogP contribution in [0.1, 0.15) is 12.0 Å². The number of benzene rings is 2. The Bertz CT molecular complexity index is 879. The summed E-state index contributed by atoms with van der Waals surface area (Å²) >= 11 is 0. The summed E-state index contributed by atoms with van der Waals surface area (Å²) in [6.45, 7) is 0. The predicted molar refractivity (Wildman–Crippen MR) is 90.5 cm³/mol. The first-order valence-electron chi connectivity index (χ1n) is 7.63. The summed E-state index contributed by atoms with van der Waals surface area (Å²) in [6.07, 6.45) is 5.25. The van der Waals surface area contributed by atoms with Crippen molar-refractivity contribution in [3.63, 3.8) is 0 Å². The molecule has 0 amide bonds. The fraction of sp³-hybridized carbons (Fsp3) is 0.111. The molecule has 0 bridgehead atoms. The molecule has 7 heteroatoms. The Labute approximate surface area is 143 Å². The molecule has 0 aliphatic heterocycles. The standard InChI is InChI=1S/C18H16F2N4O/c19-14-7-5-13(16(20)9-14)6-8-15(10-24-12-22-11-23-24)25-18-4-2-1-3-17(18)21/h1-5,7,9-12H,6,8,21H2. The van der Waals surface area contributed by atoms with Gasteiger partial charge in [0.1, 0.15) is 35.8 Å². The molecule has 0 atom stereocenters. The second-order valence-electron chi connectivity index (χ2n) is 5.35. The fourth-order valence-electron chi connectivity index (χ4n) is 2.27. The van der Waals surface area contributed by atoms with Gasteiger partial charge in [0, 0.05) is 12.5 Å². The summed E-state index contributed by atoms with van der Waals surface area (Å²) in [4.78, 5) is 3.87. The van der Waals surface area contributed by atoms with Crippen molar-refractivity contribution in [3.05, 3.63) is 78.1 Å². The Morgan fingerprint density at radius 2 is 2.04 bits per heavy atom. The van der Waals surface area contributed by atoms with Crippen molar-refractivity contribution >= 4 is 11.9 Å². The first kappa shape index (κ1) is 16.6. The zero-order valence-corrected chi connectivity index (χ0v) is 13.3. The molecule has 0 radical (unpaired) electrons. The summed E-state index contributed by atoms with van der Waals surface area (Å²) in [5, 5.41) is 4.00. The predicted octanol–water partition coefficient (Wildman–Crippen LogP) is 3.65. The summed E-state index contributed by atoms with van der Waals surface area (Å²) in [7, 11) is 0. The highest BCUT2D eigenvalue weighted by atomic mass is 19.1. The number of nitrogens with two attached hydrogens (primary N) is 1. The quantitative estimate of drug-likeness (QED) is 0.548. The highest BCUT2D eigenvalue weighted by Gasteiger charge is 2.09. The van der Waals surface area contributed by atoms with Gasteiger partial charge in [-0.15, -0.1) is 0 Å². The Morgan fingerprint density at radius 1 is 1.20 bits per heavy atom. The zero-order chi connectivity index (χ0) is 17.6. The van der Waals surface area contributed by atoms with Crippen LogP contribution in [0.25, 0.3) is 6.20 Å². The summed E-state index contributed by atoms with van der Waals surface area (Å²) in [5.74, 6) is -0.173. The van der Waals surface area contributed by atoms with Crippen LogP contribution in [0, 0.1) is 11.6 Å². The van der Waals surface area contributed by atoms with Gasteiger partial charge in [-0.1, -0.05) is 18.2 Å². The Balaban J connectivity index is 1.80. The average molecular weight is 342 g/mol. The number of hydrogen-bond acceptors (Lipinski definition) is 4. The van der Waals surface area contributed by atoms with Gasteiger partial charge in [-0.25, -0.2) is 18.4 Å².